The Kier molecular flexibility index (Phi) is 2.59. The van der Waals surface area contributed by atoms with E-state index in [4.69, 9.17) is 5.11 Å². The van der Waals surface area contributed by atoms with Crippen LogP contribution in [0.3, 0.4) is 0 Å². The molecule has 2 rings (SSSR count). The van der Waals surface area contributed by atoms with Crippen LogP contribution in [0.4, 0.5) is 0 Å². The van der Waals surface area contributed by atoms with Crippen molar-refractivity contribution in [2.45, 2.75) is 6.92 Å². The minimum Gasteiger partial charge on any atom is -0.506 e. The van der Waals surface area contributed by atoms with E-state index in [0.29, 0.717) is 10.9 Å². The van der Waals surface area contributed by atoms with Gasteiger partial charge in [0.1, 0.15) is 11.3 Å². The molecule has 0 fully saturated rings. The predicted molar refractivity (Wildman–Crippen MR) is 65.0 cm³/mol. The molecule has 0 heterocycles. The van der Waals surface area contributed by atoms with E-state index in [1.54, 1.807) is 25.1 Å². The first kappa shape index (κ1) is 11.0. The van der Waals surface area contributed by atoms with Gasteiger partial charge in [-0.1, -0.05) is 28.1 Å². The molecule has 2 aromatic carbocycles. The zero-order valence-electron chi connectivity index (χ0n) is 8.49. The van der Waals surface area contributed by atoms with Crippen molar-refractivity contribution >= 4 is 32.7 Å². The lowest BCUT2D eigenvalue weighted by molar-refractivity contribution is 0.0693. The van der Waals surface area contributed by atoms with Gasteiger partial charge in [-0.05, 0) is 30.0 Å². The van der Waals surface area contributed by atoms with E-state index in [9.17, 15) is 9.90 Å². The first-order valence-corrected chi connectivity index (χ1v) is 5.45. The number of aromatic hydroxyl groups is 1. The number of carboxylic acids is 1. The molecule has 0 aliphatic heterocycles. The van der Waals surface area contributed by atoms with Gasteiger partial charge in [-0.3, -0.25) is 0 Å². The predicted octanol–water partition coefficient (Wildman–Crippen LogP) is 3.31. The highest BCUT2D eigenvalue weighted by Crippen LogP contribution is 2.35. The van der Waals surface area contributed by atoms with Crippen LogP contribution in [0.5, 0.6) is 5.75 Å². The number of aromatic carboxylic acids is 1. The standard InChI is InChI=1S/C12H9BrO3/c1-6-5-8-7(3-2-4-9(8)13)11(14)10(6)12(15)16/h2-5,14H,1H3,(H,15,16). The van der Waals surface area contributed by atoms with Crippen molar-refractivity contribution in [3.63, 3.8) is 0 Å². The molecule has 0 saturated carbocycles. The zero-order valence-corrected chi connectivity index (χ0v) is 10.1. The van der Waals surface area contributed by atoms with E-state index >= 15 is 0 Å². The smallest absolute Gasteiger partial charge is 0.339 e. The number of halogens is 1. The molecular formula is C12H9BrO3. The largest absolute Gasteiger partial charge is 0.506 e. The summed E-state index contributed by atoms with van der Waals surface area (Å²) in [5.74, 6) is -1.29. The van der Waals surface area contributed by atoms with Crippen LogP contribution in [0.15, 0.2) is 28.7 Å². The highest BCUT2D eigenvalue weighted by molar-refractivity contribution is 9.10. The number of carboxylic acid groups (broad SMARTS) is 1. The topological polar surface area (TPSA) is 57.5 Å². The van der Waals surface area contributed by atoms with Crippen LogP contribution in [0.1, 0.15) is 15.9 Å². The van der Waals surface area contributed by atoms with Crippen LogP contribution in [0.2, 0.25) is 0 Å². The van der Waals surface area contributed by atoms with Crippen molar-refractivity contribution in [1.29, 1.82) is 0 Å². The molecule has 3 nitrogen and oxygen atoms in total. The number of fused-ring (bicyclic) bond motifs is 1. The zero-order chi connectivity index (χ0) is 11.9. The number of rotatable bonds is 1. The van der Waals surface area contributed by atoms with E-state index in [1.165, 1.54) is 0 Å². The lowest BCUT2D eigenvalue weighted by atomic mass is 10.0. The van der Waals surface area contributed by atoms with E-state index in [-0.39, 0.29) is 11.3 Å². The third-order valence-electron chi connectivity index (χ3n) is 2.51. The Hall–Kier alpha value is -1.55. The highest BCUT2D eigenvalue weighted by atomic mass is 79.9. The maximum absolute atomic E-state index is 11.0. The number of hydrogen-bond acceptors (Lipinski definition) is 2. The fourth-order valence-electron chi connectivity index (χ4n) is 1.77. The van der Waals surface area contributed by atoms with E-state index in [1.807, 2.05) is 6.07 Å². The highest BCUT2D eigenvalue weighted by Gasteiger charge is 2.16. The second-order valence-electron chi connectivity index (χ2n) is 3.56. The molecule has 0 bridgehead atoms. The summed E-state index contributed by atoms with van der Waals surface area (Å²) in [6.45, 7) is 1.67. The first-order valence-electron chi connectivity index (χ1n) is 4.66. The molecule has 82 valence electrons. The molecular weight excluding hydrogens is 272 g/mol. The quantitative estimate of drug-likeness (QED) is 0.843. The van der Waals surface area contributed by atoms with Crippen LogP contribution in [0, 0.1) is 6.92 Å². The molecule has 0 radical (unpaired) electrons. The third-order valence-corrected chi connectivity index (χ3v) is 3.21. The Morgan fingerprint density at radius 3 is 2.62 bits per heavy atom. The van der Waals surface area contributed by atoms with E-state index < -0.39 is 5.97 Å². The van der Waals surface area contributed by atoms with E-state index in [2.05, 4.69) is 15.9 Å². The lowest BCUT2D eigenvalue weighted by Crippen LogP contribution is -2.00. The van der Waals surface area contributed by atoms with Crippen LogP contribution >= 0.6 is 15.9 Å². The average molecular weight is 281 g/mol. The molecule has 2 aromatic rings. The first-order chi connectivity index (χ1) is 7.52. The maximum Gasteiger partial charge on any atom is 0.339 e. The molecule has 0 aromatic heterocycles. The van der Waals surface area contributed by atoms with E-state index in [0.717, 1.165) is 9.86 Å². The molecule has 0 aliphatic carbocycles. The second kappa shape index (κ2) is 3.79. The third kappa shape index (κ3) is 1.55. The Bertz CT molecular complexity index is 590. The Labute approximate surface area is 100 Å². The summed E-state index contributed by atoms with van der Waals surface area (Å²) < 4.78 is 0.834. The molecule has 0 amide bonds. The van der Waals surface area contributed by atoms with Crippen molar-refractivity contribution in [1.82, 2.24) is 0 Å². The van der Waals surface area contributed by atoms with Gasteiger partial charge in [0.2, 0.25) is 0 Å². The number of benzene rings is 2. The van der Waals surface area contributed by atoms with Gasteiger partial charge in [0.15, 0.2) is 0 Å². The summed E-state index contributed by atoms with van der Waals surface area (Å²) in [6, 6.07) is 7.05. The number of aryl methyl sites for hydroxylation is 1. The van der Waals surface area contributed by atoms with Crippen molar-refractivity contribution < 1.29 is 15.0 Å². The van der Waals surface area contributed by atoms with Crippen LogP contribution in [0.25, 0.3) is 10.8 Å². The Morgan fingerprint density at radius 1 is 1.31 bits per heavy atom. The summed E-state index contributed by atoms with van der Waals surface area (Å²) >= 11 is 3.37. The normalized spacial score (nSPS) is 10.6. The molecule has 0 saturated heterocycles. The molecule has 16 heavy (non-hydrogen) atoms. The van der Waals surface area contributed by atoms with Gasteiger partial charge in [0.05, 0.1) is 0 Å². The average Bonchev–Trinajstić information content (AvgIpc) is 2.19. The van der Waals surface area contributed by atoms with Crippen LogP contribution in [-0.2, 0) is 0 Å². The van der Waals surface area contributed by atoms with Gasteiger partial charge in [0.25, 0.3) is 0 Å². The minimum absolute atomic E-state index is 0.0365. The minimum atomic E-state index is -1.11. The Morgan fingerprint density at radius 2 is 2.00 bits per heavy atom. The van der Waals surface area contributed by atoms with Crippen LogP contribution < -0.4 is 0 Å². The fraction of sp³-hybridized carbons (Fsp3) is 0.0833. The SMILES string of the molecule is Cc1cc2c(Br)cccc2c(O)c1C(=O)O. The summed E-state index contributed by atoms with van der Waals surface area (Å²) in [7, 11) is 0. The number of carbonyl (C=O) groups is 1. The van der Waals surface area contributed by atoms with Gasteiger partial charge < -0.3 is 10.2 Å². The number of hydrogen-bond donors (Lipinski definition) is 2. The molecule has 4 heteroatoms. The number of phenols is 1. The van der Waals surface area contributed by atoms with Crippen molar-refractivity contribution in [3.05, 3.63) is 39.9 Å². The fourth-order valence-corrected chi connectivity index (χ4v) is 2.25. The van der Waals surface area contributed by atoms with Gasteiger partial charge >= 0.3 is 5.97 Å². The maximum atomic E-state index is 11.0. The molecule has 2 N–H and O–H groups in total. The molecule has 0 atom stereocenters. The summed E-state index contributed by atoms with van der Waals surface area (Å²) in [6.07, 6.45) is 0. The van der Waals surface area contributed by atoms with Crippen molar-refractivity contribution in [3.8, 4) is 5.75 Å². The van der Waals surface area contributed by atoms with Crippen molar-refractivity contribution in [2.24, 2.45) is 0 Å². The molecule has 0 spiro atoms. The molecule has 0 aliphatic rings. The second-order valence-corrected chi connectivity index (χ2v) is 4.41. The Balaban J connectivity index is 2.94. The van der Waals surface area contributed by atoms with Gasteiger partial charge in [0, 0.05) is 9.86 Å². The van der Waals surface area contributed by atoms with Gasteiger partial charge in [-0.2, -0.15) is 0 Å². The van der Waals surface area contributed by atoms with Crippen molar-refractivity contribution in [2.75, 3.05) is 0 Å². The molecule has 0 unspecified atom stereocenters. The monoisotopic (exact) mass is 280 g/mol. The summed E-state index contributed by atoms with van der Waals surface area (Å²) in [5, 5.41) is 20.3. The summed E-state index contributed by atoms with van der Waals surface area (Å²) in [5.41, 5.74) is 0.509. The van der Waals surface area contributed by atoms with Gasteiger partial charge in [-0.25, -0.2) is 4.79 Å². The van der Waals surface area contributed by atoms with Crippen LogP contribution in [-0.4, -0.2) is 16.2 Å². The van der Waals surface area contributed by atoms with Gasteiger partial charge in [-0.15, -0.1) is 0 Å². The summed E-state index contributed by atoms with van der Waals surface area (Å²) in [4.78, 5) is 11.0. The lowest BCUT2D eigenvalue weighted by Gasteiger charge is -2.09.